The Bertz CT molecular complexity index is 241. The van der Waals surface area contributed by atoms with E-state index in [1.54, 1.807) is 0 Å². The number of halogens is 1. The lowest BCUT2D eigenvalue weighted by Gasteiger charge is -2.27. The summed E-state index contributed by atoms with van der Waals surface area (Å²) in [4.78, 5) is 4.01. The Morgan fingerprint density at radius 1 is 1.55 bits per heavy atom. The summed E-state index contributed by atoms with van der Waals surface area (Å²) < 4.78 is 0. The summed E-state index contributed by atoms with van der Waals surface area (Å²) in [6.45, 7) is 1.12. The van der Waals surface area contributed by atoms with Crippen LogP contribution in [0.1, 0.15) is 18.0 Å². The number of hydrogen-bond donors (Lipinski definition) is 1. The van der Waals surface area contributed by atoms with Crippen molar-refractivity contribution >= 4 is 11.6 Å². The summed E-state index contributed by atoms with van der Waals surface area (Å²) >= 11 is 5.65. The van der Waals surface area contributed by atoms with Gasteiger partial charge in [0, 0.05) is 12.2 Å². The summed E-state index contributed by atoms with van der Waals surface area (Å²) in [7, 11) is 0. The van der Waals surface area contributed by atoms with E-state index in [1.807, 2.05) is 18.3 Å². The maximum atomic E-state index is 5.65. The number of rotatable bonds is 1. The van der Waals surface area contributed by atoms with Crippen LogP contribution in [0.15, 0.2) is 18.3 Å². The van der Waals surface area contributed by atoms with Crippen LogP contribution in [0.25, 0.3) is 0 Å². The van der Waals surface area contributed by atoms with Gasteiger partial charge in [-0.05, 0) is 24.6 Å². The van der Waals surface area contributed by atoms with Crippen LogP contribution >= 0.6 is 11.6 Å². The van der Waals surface area contributed by atoms with E-state index in [-0.39, 0.29) is 0 Å². The van der Waals surface area contributed by atoms with Crippen molar-refractivity contribution in [2.45, 2.75) is 12.5 Å². The van der Waals surface area contributed by atoms with Gasteiger partial charge in [0.05, 0.1) is 0 Å². The van der Waals surface area contributed by atoms with Crippen molar-refractivity contribution in [2.24, 2.45) is 0 Å². The Balaban J connectivity index is 2.18. The molecule has 2 heterocycles. The summed E-state index contributed by atoms with van der Waals surface area (Å²) in [6, 6.07) is 4.36. The first-order valence-electron chi connectivity index (χ1n) is 3.71. The van der Waals surface area contributed by atoms with E-state index in [4.69, 9.17) is 11.6 Å². The van der Waals surface area contributed by atoms with Crippen molar-refractivity contribution in [1.29, 1.82) is 0 Å². The number of pyridine rings is 1. The minimum atomic E-state index is 0.514. The predicted molar refractivity (Wildman–Crippen MR) is 44.6 cm³/mol. The van der Waals surface area contributed by atoms with Crippen LogP contribution in [0.4, 0.5) is 0 Å². The monoisotopic (exact) mass is 168 g/mol. The molecule has 0 aromatic carbocycles. The van der Waals surface area contributed by atoms with Crippen molar-refractivity contribution < 1.29 is 0 Å². The fourth-order valence-corrected chi connectivity index (χ4v) is 1.28. The van der Waals surface area contributed by atoms with Crippen molar-refractivity contribution in [1.82, 2.24) is 10.3 Å². The average Bonchev–Trinajstić information content (AvgIpc) is 1.90. The molecular formula is C8H9ClN2. The average molecular weight is 169 g/mol. The summed E-state index contributed by atoms with van der Waals surface area (Å²) in [5.74, 6) is 0. The zero-order chi connectivity index (χ0) is 7.68. The maximum absolute atomic E-state index is 5.65. The van der Waals surface area contributed by atoms with Gasteiger partial charge in [-0.1, -0.05) is 17.7 Å². The highest BCUT2D eigenvalue weighted by molar-refractivity contribution is 6.29. The van der Waals surface area contributed by atoms with E-state index in [0.29, 0.717) is 11.2 Å². The molecule has 1 aromatic rings. The van der Waals surface area contributed by atoms with Gasteiger partial charge in [-0.15, -0.1) is 0 Å². The second kappa shape index (κ2) is 2.80. The van der Waals surface area contributed by atoms with Crippen LogP contribution in [-0.2, 0) is 0 Å². The minimum Gasteiger partial charge on any atom is -0.310 e. The van der Waals surface area contributed by atoms with Crippen LogP contribution in [0, 0.1) is 0 Å². The van der Waals surface area contributed by atoms with Crippen molar-refractivity contribution in [3.63, 3.8) is 0 Å². The molecule has 58 valence electrons. The molecule has 0 aliphatic carbocycles. The lowest BCUT2D eigenvalue weighted by Crippen LogP contribution is -2.34. The molecule has 0 spiro atoms. The van der Waals surface area contributed by atoms with Crippen LogP contribution in [0.2, 0.25) is 5.15 Å². The van der Waals surface area contributed by atoms with Crippen LogP contribution in [-0.4, -0.2) is 11.5 Å². The van der Waals surface area contributed by atoms with Crippen molar-refractivity contribution in [3.05, 3.63) is 29.0 Å². The third-order valence-corrected chi connectivity index (χ3v) is 2.20. The molecule has 1 aliphatic rings. The molecule has 0 bridgehead atoms. The summed E-state index contributed by atoms with van der Waals surface area (Å²) in [5, 5.41) is 3.86. The van der Waals surface area contributed by atoms with Gasteiger partial charge >= 0.3 is 0 Å². The van der Waals surface area contributed by atoms with Gasteiger partial charge in [0.2, 0.25) is 0 Å². The van der Waals surface area contributed by atoms with Gasteiger partial charge < -0.3 is 5.32 Å². The van der Waals surface area contributed by atoms with Gasteiger partial charge in [0.25, 0.3) is 0 Å². The molecule has 1 saturated heterocycles. The fraction of sp³-hybridized carbons (Fsp3) is 0.375. The molecule has 1 N–H and O–H groups in total. The Morgan fingerprint density at radius 3 is 2.82 bits per heavy atom. The highest BCUT2D eigenvalue weighted by Gasteiger charge is 2.17. The molecule has 2 rings (SSSR count). The molecule has 0 unspecified atom stereocenters. The SMILES string of the molecule is Clc1ccc([C@@H]2CCN2)cn1. The fourth-order valence-electron chi connectivity index (χ4n) is 1.17. The third kappa shape index (κ3) is 1.37. The molecule has 0 saturated carbocycles. The third-order valence-electron chi connectivity index (χ3n) is 1.98. The zero-order valence-electron chi connectivity index (χ0n) is 6.05. The van der Waals surface area contributed by atoms with Gasteiger partial charge in [0.15, 0.2) is 0 Å². The molecule has 3 heteroatoms. The van der Waals surface area contributed by atoms with Gasteiger partial charge in [-0.3, -0.25) is 0 Å². The van der Waals surface area contributed by atoms with Crippen LogP contribution in [0.5, 0.6) is 0 Å². The van der Waals surface area contributed by atoms with E-state index in [9.17, 15) is 0 Å². The van der Waals surface area contributed by atoms with Gasteiger partial charge in [-0.2, -0.15) is 0 Å². The molecule has 1 aromatic heterocycles. The van der Waals surface area contributed by atoms with E-state index in [0.717, 1.165) is 6.54 Å². The summed E-state index contributed by atoms with van der Waals surface area (Å²) in [6.07, 6.45) is 3.04. The second-order valence-corrected chi connectivity index (χ2v) is 3.10. The summed E-state index contributed by atoms with van der Waals surface area (Å²) in [5.41, 5.74) is 1.24. The zero-order valence-corrected chi connectivity index (χ0v) is 6.80. The van der Waals surface area contributed by atoms with E-state index < -0.39 is 0 Å². The molecule has 0 radical (unpaired) electrons. The van der Waals surface area contributed by atoms with E-state index in [1.165, 1.54) is 12.0 Å². The smallest absolute Gasteiger partial charge is 0.129 e. The van der Waals surface area contributed by atoms with Crippen molar-refractivity contribution in [3.8, 4) is 0 Å². The maximum Gasteiger partial charge on any atom is 0.129 e. The molecular weight excluding hydrogens is 160 g/mol. The quantitative estimate of drug-likeness (QED) is 0.647. The first-order chi connectivity index (χ1) is 5.36. The molecule has 0 amide bonds. The Labute approximate surface area is 70.6 Å². The molecule has 1 aliphatic heterocycles. The molecule has 11 heavy (non-hydrogen) atoms. The van der Waals surface area contributed by atoms with E-state index in [2.05, 4.69) is 10.3 Å². The highest BCUT2D eigenvalue weighted by Crippen LogP contribution is 2.22. The van der Waals surface area contributed by atoms with Crippen LogP contribution < -0.4 is 5.32 Å². The number of hydrogen-bond acceptors (Lipinski definition) is 2. The van der Waals surface area contributed by atoms with Gasteiger partial charge in [0.1, 0.15) is 5.15 Å². The lowest BCUT2D eigenvalue weighted by molar-refractivity contribution is 0.382. The highest BCUT2D eigenvalue weighted by atomic mass is 35.5. The largest absolute Gasteiger partial charge is 0.310 e. The Kier molecular flexibility index (Phi) is 1.80. The van der Waals surface area contributed by atoms with Gasteiger partial charge in [-0.25, -0.2) is 4.98 Å². The Morgan fingerprint density at radius 2 is 2.36 bits per heavy atom. The van der Waals surface area contributed by atoms with Crippen LogP contribution in [0.3, 0.4) is 0 Å². The standard InChI is InChI=1S/C8H9ClN2/c9-8-2-1-6(5-11-8)7-3-4-10-7/h1-2,5,7,10H,3-4H2/t7-/m0/s1. The number of aromatic nitrogens is 1. The van der Waals surface area contributed by atoms with Crippen molar-refractivity contribution in [2.75, 3.05) is 6.54 Å². The number of nitrogens with zero attached hydrogens (tertiary/aromatic N) is 1. The second-order valence-electron chi connectivity index (χ2n) is 2.71. The molecule has 1 atom stereocenters. The predicted octanol–water partition coefficient (Wildman–Crippen LogP) is 1.77. The minimum absolute atomic E-state index is 0.514. The lowest BCUT2D eigenvalue weighted by atomic mass is 10.0. The molecule has 2 nitrogen and oxygen atoms in total. The first-order valence-corrected chi connectivity index (χ1v) is 4.09. The first kappa shape index (κ1) is 7.07. The normalized spacial score (nSPS) is 22.8. The number of nitrogens with one attached hydrogen (secondary N) is 1. The molecule has 1 fully saturated rings. The Hall–Kier alpha value is -0.600. The topological polar surface area (TPSA) is 24.9 Å². The van der Waals surface area contributed by atoms with E-state index >= 15 is 0 Å².